The molecule has 40 heavy (non-hydrogen) atoms. The van der Waals surface area contributed by atoms with Crippen LogP contribution in [0.4, 0.5) is 10.5 Å². The van der Waals surface area contributed by atoms with Gasteiger partial charge in [0, 0.05) is 63.0 Å². The van der Waals surface area contributed by atoms with Crippen molar-refractivity contribution in [1.82, 2.24) is 15.1 Å². The Labute approximate surface area is 235 Å². The average Bonchev–Trinajstić information content (AvgIpc) is 2.99. The van der Waals surface area contributed by atoms with Crippen LogP contribution in [0.3, 0.4) is 0 Å². The van der Waals surface area contributed by atoms with Crippen LogP contribution in [0.1, 0.15) is 33.6 Å². The summed E-state index contributed by atoms with van der Waals surface area (Å²) < 4.78 is 5.73. The van der Waals surface area contributed by atoms with Gasteiger partial charge in [0.05, 0.1) is 5.69 Å². The van der Waals surface area contributed by atoms with Gasteiger partial charge in [-0.25, -0.2) is 4.79 Å². The molecule has 3 amide bonds. The molecular weight excluding hydrogens is 506 g/mol. The van der Waals surface area contributed by atoms with Gasteiger partial charge in [0.15, 0.2) is 0 Å². The second-order valence-corrected chi connectivity index (χ2v) is 9.84. The van der Waals surface area contributed by atoms with Gasteiger partial charge in [0.2, 0.25) is 0 Å². The SMILES string of the molecule is CN(CCN1CCC(OC(=O)Nc2ccccc2-c2ccccc2)CC1)C(=O)c1cccc(C(=O)NCCN)c1. The maximum absolute atomic E-state index is 12.9. The van der Waals surface area contributed by atoms with Gasteiger partial charge < -0.3 is 25.6 Å². The molecule has 0 atom stereocenters. The van der Waals surface area contributed by atoms with Crippen molar-refractivity contribution in [3.63, 3.8) is 0 Å². The number of piperidine rings is 1. The van der Waals surface area contributed by atoms with Crippen molar-refractivity contribution < 1.29 is 19.1 Å². The first-order chi connectivity index (χ1) is 19.4. The molecule has 1 fully saturated rings. The summed E-state index contributed by atoms with van der Waals surface area (Å²) >= 11 is 0. The fraction of sp³-hybridized carbons (Fsp3) is 0.323. The number of ether oxygens (including phenoxy) is 1. The molecular formula is C31H37N5O4. The van der Waals surface area contributed by atoms with Gasteiger partial charge in [-0.15, -0.1) is 0 Å². The summed E-state index contributed by atoms with van der Waals surface area (Å²) in [4.78, 5) is 41.7. The van der Waals surface area contributed by atoms with Crippen LogP contribution in [-0.4, -0.2) is 80.1 Å². The van der Waals surface area contributed by atoms with Crippen molar-refractivity contribution in [3.05, 3.63) is 90.0 Å². The third kappa shape index (κ3) is 7.91. The summed E-state index contributed by atoms with van der Waals surface area (Å²) in [5.41, 5.74) is 9.02. The summed E-state index contributed by atoms with van der Waals surface area (Å²) in [7, 11) is 1.76. The number of nitrogens with one attached hydrogen (secondary N) is 2. The smallest absolute Gasteiger partial charge is 0.411 e. The van der Waals surface area contributed by atoms with Crippen molar-refractivity contribution in [3.8, 4) is 11.1 Å². The van der Waals surface area contributed by atoms with Gasteiger partial charge in [-0.1, -0.05) is 54.6 Å². The van der Waals surface area contributed by atoms with E-state index >= 15 is 0 Å². The quantitative estimate of drug-likeness (QED) is 0.358. The lowest BCUT2D eigenvalue weighted by atomic mass is 10.0. The molecule has 4 N–H and O–H groups in total. The molecule has 210 valence electrons. The molecule has 0 aliphatic carbocycles. The molecule has 0 saturated carbocycles. The number of rotatable bonds is 10. The van der Waals surface area contributed by atoms with Gasteiger partial charge >= 0.3 is 6.09 Å². The fourth-order valence-corrected chi connectivity index (χ4v) is 4.70. The molecule has 9 nitrogen and oxygen atoms in total. The molecule has 9 heteroatoms. The number of carbonyl (C=O) groups excluding carboxylic acids is 3. The lowest BCUT2D eigenvalue weighted by Gasteiger charge is -2.32. The minimum absolute atomic E-state index is 0.140. The Morgan fingerprint density at radius 3 is 2.40 bits per heavy atom. The Bertz CT molecular complexity index is 1290. The highest BCUT2D eigenvalue weighted by Crippen LogP contribution is 2.28. The van der Waals surface area contributed by atoms with Crippen LogP contribution in [0.2, 0.25) is 0 Å². The molecule has 1 heterocycles. The number of carbonyl (C=O) groups is 3. The maximum Gasteiger partial charge on any atom is 0.411 e. The van der Waals surface area contributed by atoms with Crippen LogP contribution in [0.5, 0.6) is 0 Å². The number of nitrogens with zero attached hydrogens (tertiary/aromatic N) is 2. The second-order valence-electron chi connectivity index (χ2n) is 9.84. The molecule has 0 radical (unpaired) electrons. The number of likely N-dealkylation sites (tertiary alicyclic amines) is 1. The maximum atomic E-state index is 12.9. The van der Waals surface area contributed by atoms with Gasteiger partial charge in [-0.05, 0) is 42.7 Å². The molecule has 3 aromatic carbocycles. The van der Waals surface area contributed by atoms with E-state index in [0.29, 0.717) is 43.0 Å². The Kier molecular flexibility index (Phi) is 10.3. The van der Waals surface area contributed by atoms with Crippen LogP contribution in [-0.2, 0) is 4.74 Å². The van der Waals surface area contributed by atoms with Gasteiger partial charge in [0.1, 0.15) is 6.10 Å². The Morgan fingerprint density at radius 2 is 1.65 bits per heavy atom. The van der Waals surface area contributed by atoms with Crippen LogP contribution >= 0.6 is 0 Å². The van der Waals surface area contributed by atoms with E-state index in [2.05, 4.69) is 15.5 Å². The van der Waals surface area contributed by atoms with Crippen molar-refractivity contribution >= 4 is 23.6 Å². The summed E-state index contributed by atoms with van der Waals surface area (Å²) in [5, 5.41) is 5.62. The van der Waals surface area contributed by atoms with E-state index in [4.69, 9.17) is 10.5 Å². The van der Waals surface area contributed by atoms with Gasteiger partial charge in [-0.2, -0.15) is 0 Å². The summed E-state index contributed by atoms with van der Waals surface area (Å²) in [6.07, 6.45) is 0.843. The largest absolute Gasteiger partial charge is 0.446 e. The number of hydrogen-bond acceptors (Lipinski definition) is 6. The molecule has 1 aliphatic rings. The number of benzene rings is 3. The first-order valence-corrected chi connectivity index (χ1v) is 13.6. The van der Waals surface area contributed by atoms with Crippen molar-refractivity contribution in [2.75, 3.05) is 51.6 Å². The summed E-state index contributed by atoms with van der Waals surface area (Å²) in [5.74, 6) is -0.388. The van der Waals surface area contributed by atoms with Crippen LogP contribution < -0.4 is 16.4 Å². The predicted molar refractivity (Wildman–Crippen MR) is 156 cm³/mol. The van der Waals surface area contributed by atoms with E-state index in [1.165, 1.54) is 0 Å². The highest BCUT2D eigenvalue weighted by Gasteiger charge is 2.23. The summed E-state index contributed by atoms with van der Waals surface area (Å²) in [6.45, 7) is 3.54. The second kappa shape index (κ2) is 14.3. The third-order valence-electron chi connectivity index (χ3n) is 6.96. The number of likely N-dealkylation sites (N-methyl/N-ethyl adjacent to an activating group) is 1. The Hall–Kier alpha value is -4.21. The van der Waals surface area contributed by atoms with Crippen molar-refractivity contribution in [2.24, 2.45) is 5.73 Å². The number of anilines is 1. The van der Waals surface area contributed by atoms with E-state index in [1.807, 2.05) is 54.6 Å². The zero-order valence-electron chi connectivity index (χ0n) is 22.8. The molecule has 0 unspecified atom stereocenters. The number of nitrogens with two attached hydrogens (primary N) is 1. The van der Waals surface area contributed by atoms with Crippen molar-refractivity contribution in [1.29, 1.82) is 0 Å². The molecule has 1 aliphatic heterocycles. The van der Waals surface area contributed by atoms with Gasteiger partial charge in [-0.3, -0.25) is 14.9 Å². The topological polar surface area (TPSA) is 117 Å². The Balaban J connectivity index is 1.21. The highest BCUT2D eigenvalue weighted by molar-refractivity contribution is 5.99. The minimum Gasteiger partial charge on any atom is -0.446 e. The molecule has 1 saturated heterocycles. The molecule has 4 rings (SSSR count). The van der Waals surface area contributed by atoms with Crippen LogP contribution in [0, 0.1) is 0 Å². The van der Waals surface area contributed by atoms with Crippen molar-refractivity contribution in [2.45, 2.75) is 18.9 Å². The Morgan fingerprint density at radius 1 is 0.950 bits per heavy atom. The van der Waals surface area contributed by atoms with Gasteiger partial charge in [0.25, 0.3) is 11.8 Å². The van der Waals surface area contributed by atoms with E-state index in [-0.39, 0.29) is 17.9 Å². The highest BCUT2D eigenvalue weighted by atomic mass is 16.6. The van der Waals surface area contributed by atoms with E-state index < -0.39 is 6.09 Å². The van der Waals surface area contributed by atoms with Crippen LogP contribution in [0.15, 0.2) is 78.9 Å². The third-order valence-corrected chi connectivity index (χ3v) is 6.96. The standard InChI is InChI=1S/C31H37N5O4/c1-35(30(38)25-11-7-10-24(22-25)29(37)33-17-16-32)20-21-36-18-14-26(15-19-36)40-31(39)34-28-13-6-5-12-27(28)23-8-3-2-4-9-23/h2-13,22,26H,14-21,32H2,1H3,(H,33,37)(H,34,39). The zero-order valence-corrected chi connectivity index (χ0v) is 22.8. The monoisotopic (exact) mass is 543 g/mol. The predicted octanol–water partition coefficient (Wildman–Crippen LogP) is 3.83. The van der Waals surface area contributed by atoms with Crippen LogP contribution in [0.25, 0.3) is 11.1 Å². The first kappa shape index (κ1) is 28.8. The normalized spacial score (nSPS) is 13.8. The van der Waals surface area contributed by atoms with E-state index in [9.17, 15) is 14.4 Å². The average molecular weight is 544 g/mol. The lowest BCUT2D eigenvalue weighted by molar-refractivity contribution is 0.0540. The molecule has 0 bridgehead atoms. The first-order valence-electron chi connectivity index (χ1n) is 13.6. The molecule has 0 aromatic heterocycles. The van der Waals surface area contributed by atoms with E-state index in [1.54, 1.807) is 36.2 Å². The minimum atomic E-state index is -0.453. The fourth-order valence-electron chi connectivity index (χ4n) is 4.70. The molecule has 0 spiro atoms. The number of para-hydroxylation sites is 1. The zero-order chi connectivity index (χ0) is 28.3. The molecule has 3 aromatic rings. The number of amides is 3. The lowest BCUT2D eigenvalue weighted by Crippen LogP contribution is -2.42. The van der Waals surface area contributed by atoms with E-state index in [0.717, 1.165) is 37.1 Å². The summed E-state index contributed by atoms with van der Waals surface area (Å²) in [6, 6.07) is 24.3. The number of hydrogen-bond donors (Lipinski definition) is 3.